The maximum atomic E-state index is 13.6. The van der Waals surface area contributed by atoms with Gasteiger partial charge in [-0.05, 0) is 93.5 Å². The molecule has 1 amide bonds. The van der Waals surface area contributed by atoms with E-state index in [-0.39, 0.29) is 11.4 Å². The standard InChI is InChI=1S/C25H29NO2/c1-2-26(25-15-18-11-19(16-25)13-20(12-18)17-25)24(27)21-7-6-10-23(14-21)28-22-8-4-3-5-9-22/h3-10,14,18-20H,2,11-13,15-17H2,1H3. The molecule has 3 nitrogen and oxygen atoms in total. The van der Waals surface area contributed by atoms with Gasteiger partial charge >= 0.3 is 0 Å². The Balaban J connectivity index is 1.40. The van der Waals surface area contributed by atoms with E-state index >= 15 is 0 Å². The minimum absolute atomic E-state index is 0.0941. The Morgan fingerprint density at radius 2 is 1.54 bits per heavy atom. The number of rotatable bonds is 5. The summed E-state index contributed by atoms with van der Waals surface area (Å²) in [5, 5.41) is 0. The van der Waals surface area contributed by atoms with Gasteiger partial charge in [0.15, 0.2) is 0 Å². The van der Waals surface area contributed by atoms with E-state index in [9.17, 15) is 4.79 Å². The van der Waals surface area contributed by atoms with E-state index in [4.69, 9.17) is 4.74 Å². The van der Waals surface area contributed by atoms with Crippen LogP contribution in [0.25, 0.3) is 0 Å². The third-order valence-corrected chi connectivity index (χ3v) is 7.20. The Kier molecular flexibility index (Phi) is 4.41. The molecule has 4 aliphatic rings. The van der Waals surface area contributed by atoms with Crippen LogP contribution in [0.1, 0.15) is 55.8 Å². The van der Waals surface area contributed by atoms with E-state index in [0.29, 0.717) is 0 Å². The lowest BCUT2D eigenvalue weighted by Crippen LogP contribution is -2.61. The van der Waals surface area contributed by atoms with Gasteiger partial charge in [-0.1, -0.05) is 24.3 Å². The predicted octanol–water partition coefficient (Wildman–Crippen LogP) is 5.91. The first-order valence-corrected chi connectivity index (χ1v) is 10.8. The smallest absolute Gasteiger partial charge is 0.254 e. The fourth-order valence-electron chi connectivity index (χ4n) is 6.56. The SMILES string of the molecule is CCN(C(=O)c1cccc(Oc2ccccc2)c1)C12CC3CC(CC(C3)C1)C2. The minimum atomic E-state index is 0.0941. The molecule has 28 heavy (non-hydrogen) atoms. The molecule has 0 radical (unpaired) electrons. The zero-order chi connectivity index (χ0) is 19.1. The van der Waals surface area contributed by atoms with Crippen molar-refractivity contribution in [2.75, 3.05) is 6.54 Å². The summed E-state index contributed by atoms with van der Waals surface area (Å²) in [6.45, 7) is 2.93. The van der Waals surface area contributed by atoms with Crippen molar-refractivity contribution in [3.8, 4) is 11.5 Å². The van der Waals surface area contributed by atoms with Crippen LogP contribution in [-0.4, -0.2) is 22.9 Å². The Morgan fingerprint density at radius 3 is 2.14 bits per heavy atom. The number of carbonyl (C=O) groups is 1. The van der Waals surface area contributed by atoms with Gasteiger partial charge in [0.05, 0.1) is 0 Å². The molecule has 0 unspecified atom stereocenters. The lowest BCUT2D eigenvalue weighted by molar-refractivity contribution is -0.0731. The quantitative estimate of drug-likeness (QED) is 0.650. The maximum absolute atomic E-state index is 13.6. The summed E-state index contributed by atoms with van der Waals surface area (Å²) in [6, 6.07) is 17.4. The molecule has 0 saturated heterocycles. The number of ether oxygens (including phenoxy) is 1. The average Bonchev–Trinajstić information content (AvgIpc) is 2.68. The summed E-state index contributed by atoms with van der Waals surface area (Å²) < 4.78 is 5.96. The molecule has 2 aromatic rings. The Morgan fingerprint density at radius 1 is 0.929 bits per heavy atom. The summed E-state index contributed by atoms with van der Waals surface area (Å²) in [6.07, 6.45) is 7.80. The second-order valence-corrected chi connectivity index (χ2v) is 9.13. The molecule has 4 fully saturated rings. The zero-order valence-electron chi connectivity index (χ0n) is 16.6. The van der Waals surface area contributed by atoms with Crippen molar-refractivity contribution in [1.82, 2.24) is 4.90 Å². The molecule has 4 aliphatic carbocycles. The molecule has 0 spiro atoms. The molecule has 0 aliphatic heterocycles. The third-order valence-electron chi connectivity index (χ3n) is 7.20. The van der Waals surface area contributed by atoms with Gasteiger partial charge in [-0.3, -0.25) is 4.79 Å². The first kappa shape index (κ1) is 17.8. The minimum Gasteiger partial charge on any atom is -0.457 e. The second kappa shape index (κ2) is 6.95. The zero-order valence-corrected chi connectivity index (χ0v) is 16.6. The van der Waals surface area contributed by atoms with E-state index in [2.05, 4.69) is 11.8 Å². The number of hydrogen-bond donors (Lipinski definition) is 0. The number of amides is 1. The molecule has 6 rings (SSSR count). The van der Waals surface area contributed by atoms with Crippen molar-refractivity contribution < 1.29 is 9.53 Å². The normalized spacial score (nSPS) is 30.2. The molecule has 0 atom stereocenters. The van der Waals surface area contributed by atoms with Crippen molar-refractivity contribution in [2.24, 2.45) is 17.8 Å². The molecule has 0 heterocycles. The topological polar surface area (TPSA) is 29.5 Å². The summed E-state index contributed by atoms with van der Waals surface area (Å²) in [4.78, 5) is 15.8. The lowest BCUT2D eigenvalue weighted by Gasteiger charge is -2.60. The van der Waals surface area contributed by atoms with Crippen molar-refractivity contribution >= 4 is 5.91 Å². The van der Waals surface area contributed by atoms with Gasteiger partial charge in [0.1, 0.15) is 11.5 Å². The highest BCUT2D eigenvalue weighted by Crippen LogP contribution is 2.58. The second-order valence-electron chi connectivity index (χ2n) is 9.13. The third kappa shape index (κ3) is 3.11. The van der Waals surface area contributed by atoms with Crippen LogP contribution in [0, 0.1) is 17.8 Å². The maximum Gasteiger partial charge on any atom is 0.254 e. The van der Waals surface area contributed by atoms with Gasteiger partial charge in [-0.2, -0.15) is 0 Å². The molecule has 4 bridgehead atoms. The summed E-state index contributed by atoms with van der Waals surface area (Å²) in [5.74, 6) is 4.18. The van der Waals surface area contributed by atoms with Crippen LogP contribution in [0.15, 0.2) is 54.6 Å². The Bertz CT molecular complexity index is 825. The molecule has 3 heteroatoms. The van der Waals surface area contributed by atoms with Gasteiger partial charge in [-0.25, -0.2) is 0 Å². The highest BCUT2D eigenvalue weighted by molar-refractivity contribution is 5.95. The molecule has 146 valence electrons. The fraction of sp³-hybridized carbons (Fsp3) is 0.480. The van der Waals surface area contributed by atoms with Crippen LogP contribution in [-0.2, 0) is 0 Å². The van der Waals surface area contributed by atoms with E-state index in [1.165, 1.54) is 38.5 Å². The lowest BCUT2D eigenvalue weighted by atomic mass is 9.52. The molecular weight excluding hydrogens is 346 g/mol. The summed E-state index contributed by atoms with van der Waals surface area (Å²) in [5.41, 5.74) is 0.836. The molecule has 4 saturated carbocycles. The largest absolute Gasteiger partial charge is 0.457 e. The first-order valence-electron chi connectivity index (χ1n) is 10.8. The van der Waals surface area contributed by atoms with E-state index < -0.39 is 0 Å². The van der Waals surface area contributed by atoms with Crippen LogP contribution in [0.3, 0.4) is 0 Å². The molecule has 0 aromatic heterocycles. The van der Waals surface area contributed by atoms with Crippen molar-refractivity contribution in [3.63, 3.8) is 0 Å². The monoisotopic (exact) mass is 375 g/mol. The Hall–Kier alpha value is -2.29. The summed E-state index contributed by atoms with van der Waals surface area (Å²) in [7, 11) is 0. The molecule has 0 N–H and O–H groups in total. The first-order chi connectivity index (χ1) is 13.6. The van der Waals surface area contributed by atoms with Crippen LogP contribution in [0.5, 0.6) is 11.5 Å². The van der Waals surface area contributed by atoms with Crippen molar-refractivity contribution in [2.45, 2.75) is 51.0 Å². The van der Waals surface area contributed by atoms with Crippen molar-refractivity contribution in [1.29, 1.82) is 0 Å². The van der Waals surface area contributed by atoms with Crippen LogP contribution < -0.4 is 4.74 Å². The Labute approximate surface area is 167 Å². The summed E-state index contributed by atoms with van der Waals surface area (Å²) >= 11 is 0. The average molecular weight is 376 g/mol. The van der Waals surface area contributed by atoms with Gasteiger partial charge < -0.3 is 9.64 Å². The van der Waals surface area contributed by atoms with Gasteiger partial charge in [0.2, 0.25) is 0 Å². The highest BCUT2D eigenvalue weighted by atomic mass is 16.5. The van der Waals surface area contributed by atoms with Gasteiger partial charge in [0.25, 0.3) is 5.91 Å². The van der Waals surface area contributed by atoms with E-state index in [0.717, 1.165) is 41.4 Å². The van der Waals surface area contributed by atoms with E-state index in [1.54, 1.807) is 0 Å². The van der Waals surface area contributed by atoms with Crippen LogP contribution in [0.4, 0.5) is 0 Å². The number of para-hydroxylation sites is 1. The van der Waals surface area contributed by atoms with Gasteiger partial charge in [-0.15, -0.1) is 0 Å². The molecule has 2 aromatic carbocycles. The highest BCUT2D eigenvalue weighted by Gasteiger charge is 2.54. The van der Waals surface area contributed by atoms with Crippen molar-refractivity contribution in [3.05, 3.63) is 60.2 Å². The number of hydrogen-bond acceptors (Lipinski definition) is 2. The number of nitrogens with zero attached hydrogens (tertiary/aromatic N) is 1. The predicted molar refractivity (Wildman–Crippen MR) is 111 cm³/mol. The number of benzene rings is 2. The van der Waals surface area contributed by atoms with Crippen LogP contribution in [0.2, 0.25) is 0 Å². The molecular formula is C25H29NO2. The number of carbonyl (C=O) groups excluding carboxylic acids is 1. The van der Waals surface area contributed by atoms with Crippen LogP contribution >= 0.6 is 0 Å². The fourth-order valence-corrected chi connectivity index (χ4v) is 6.56. The van der Waals surface area contributed by atoms with E-state index in [1.807, 2.05) is 54.6 Å². The van der Waals surface area contributed by atoms with Gasteiger partial charge in [0, 0.05) is 17.6 Å².